The molecule has 2 amide bonds. The number of nitrogens with one attached hydrogen (secondary N) is 2. The minimum Gasteiger partial charge on any atom is -0.382 e. The molecule has 0 heterocycles. The third-order valence-electron chi connectivity index (χ3n) is 2.81. The van der Waals surface area contributed by atoms with Crippen LogP contribution < -0.4 is 10.6 Å². The molecule has 0 radical (unpaired) electrons. The lowest BCUT2D eigenvalue weighted by molar-refractivity contribution is -0.127. The zero-order valence-corrected chi connectivity index (χ0v) is 16.2. The standard InChI is InChI=1S/C15H28N2O6.C2H6/c1-12(2)13(18)11-23-7-5-16-15(20)10-17-14(19)4-6-22-9-8-21-3;1-2/h12H,4-11H2,1-3H3,(H,16,20)(H,17,19);1-2H3. The highest BCUT2D eigenvalue weighted by atomic mass is 16.5. The van der Waals surface area contributed by atoms with Gasteiger partial charge in [0.25, 0.3) is 0 Å². The molecule has 0 aromatic rings. The lowest BCUT2D eigenvalue weighted by Crippen LogP contribution is -2.38. The van der Waals surface area contributed by atoms with Crippen molar-refractivity contribution in [2.24, 2.45) is 5.92 Å². The van der Waals surface area contributed by atoms with Gasteiger partial charge in [0.1, 0.15) is 6.61 Å². The van der Waals surface area contributed by atoms with Crippen molar-refractivity contribution in [3.63, 3.8) is 0 Å². The normalized spacial score (nSPS) is 10.0. The van der Waals surface area contributed by atoms with Gasteiger partial charge in [0.15, 0.2) is 5.78 Å². The van der Waals surface area contributed by atoms with Gasteiger partial charge in [-0.05, 0) is 0 Å². The zero-order chi connectivity index (χ0) is 19.5. The van der Waals surface area contributed by atoms with Crippen molar-refractivity contribution >= 4 is 17.6 Å². The summed E-state index contributed by atoms with van der Waals surface area (Å²) in [6.07, 6.45) is 0.192. The molecule has 0 spiro atoms. The Balaban J connectivity index is 0. The first-order chi connectivity index (χ1) is 12.0. The number of ketones is 1. The van der Waals surface area contributed by atoms with E-state index < -0.39 is 0 Å². The Labute approximate surface area is 151 Å². The molecule has 8 heteroatoms. The molecular weight excluding hydrogens is 328 g/mol. The third-order valence-corrected chi connectivity index (χ3v) is 2.81. The number of methoxy groups -OCH3 is 1. The van der Waals surface area contributed by atoms with Crippen molar-refractivity contribution in [2.45, 2.75) is 34.1 Å². The van der Waals surface area contributed by atoms with E-state index in [1.54, 1.807) is 21.0 Å². The largest absolute Gasteiger partial charge is 0.382 e. The van der Waals surface area contributed by atoms with Crippen LogP contribution in [0, 0.1) is 5.92 Å². The van der Waals surface area contributed by atoms with Crippen LogP contribution in [0.4, 0.5) is 0 Å². The van der Waals surface area contributed by atoms with E-state index in [2.05, 4.69) is 10.6 Å². The van der Waals surface area contributed by atoms with Gasteiger partial charge in [0.2, 0.25) is 11.8 Å². The lowest BCUT2D eigenvalue weighted by Gasteiger charge is -2.08. The van der Waals surface area contributed by atoms with E-state index in [9.17, 15) is 14.4 Å². The molecule has 0 saturated heterocycles. The number of hydrogen-bond donors (Lipinski definition) is 2. The van der Waals surface area contributed by atoms with E-state index in [1.165, 1.54) is 0 Å². The molecule has 0 fully saturated rings. The summed E-state index contributed by atoms with van der Waals surface area (Å²) in [5.74, 6) is -0.594. The van der Waals surface area contributed by atoms with Gasteiger partial charge in [-0.15, -0.1) is 0 Å². The van der Waals surface area contributed by atoms with Crippen molar-refractivity contribution < 1.29 is 28.6 Å². The summed E-state index contributed by atoms with van der Waals surface area (Å²) in [4.78, 5) is 34.2. The molecule has 0 aliphatic rings. The number of ether oxygens (including phenoxy) is 3. The Bertz CT molecular complexity index is 361. The summed E-state index contributed by atoms with van der Waals surface area (Å²) in [6.45, 7) is 9.31. The predicted octanol–water partition coefficient (Wildman–Crippen LogP) is 0.540. The predicted molar refractivity (Wildman–Crippen MR) is 95.3 cm³/mol. The second-order valence-electron chi connectivity index (χ2n) is 5.16. The highest BCUT2D eigenvalue weighted by molar-refractivity contribution is 5.84. The molecule has 0 rings (SSSR count). The van der Waals surface area contributed by atoms with Gasteiger partial charge in [0, 0.05) is 26.0 Å². The minimum absolute atomic E-state index is 0.0244. The van der Waals surface area contributed by atoms with Gasteiger partial charge in [-0.1, -0.05) is 27.7 Å². The number of amides is 2. The first-order valence-corrected chi connectivity index (χ1v) is 8.68. The molecule has 0 aliphatic carbocycles. The molecule has 0 aliphatic heterocycles. The highest BCUT2D eigenvalue weighted by Crippen LogP contribution is 1.93. The van der Waals surface area contributed by atoms with Crippen molar-refractivity contribution in [3.8, 4) is 0 Å². The van der Waals surface area contributed by atoms with Gasteiger partial charge in [-0.2, -0.15) is 0 Å². The second-order valence-corrected chi connectivity index (χ2v) is 5.16. The van der Waals surface area contributed by atoms with Crippen LogP contribution in [0.1, 0.15) is 34.1 Å². The molecule has 0 saturated carbocycles. The Morgan fingerprint density at radius 2 is 1.56 bits per heavy atom. The molecule has 2 N–H and O–H groups in total. The quantitative estimate of drug-likeness (QED) is 0.437. The highest BCUT2D eigenvalue weighted by Gasteiger charge is 2.07. The van der Waals surface area contributed by atoms with E-state index in [-0.39, 0.29) is 56.3 Å². The maximum Gasteiger partial charge on any atom is 0.239 e. The van der Waals surface area contributed by atoms with Crippen LogP contribution in [-0.2, 0) is 28.6 Å². The fourth-order valence-corrected chi connectivity index (χ4v) is 1.34. The van der Waals surface area contributed by atoms with Gasteiger partial charge >= 0.3 is 0 Å². The van der Waals surface area contributed by atoms with Crippen LogP contribution in [0.3, 0.4) is 0 Å². The summed E-state index contributed by atoms with van der Waals surface area (Å²) < 4.78 is 15.1. The summed E-state index contributed by atoms with van der Waals surface area (Å²) in [6, 6.07) is 0. The maximum absolute atomic E-state index is 11.5. The molecule has 0 bridgehead atoms. The summed E-state index contributed by atoms with van der Waals surface area (Å²) in [5, 5.41) is 5.08. The number of carbonyl (C=O) groups excluding carboxylic acids is 3. The molecular formula is C17H34N2O6. The smallest absolute Gasteiger partial charge is 0.239 e. The Hall–Kier alpha value is -1.51. The molecule has 8 nitrogen and oxygen atoms in total. The van der Waals surface area contributed by atoms with Crippen LogP contribution in [0.2, 0.25) is 0 Å². The van der Waals surface area contributed by atoms with E-state index >= 15 is 0 Å². The minimum atomic E-state index is -0.308. The second kappa shape index (κ2) is 18.8. The topological polar surface area (TPSA) is 103 Å². The number of rotatable bonds is 14. The summed E-state index contributed by atoms with van der Waals surface area (Å²) >= 11 is 0. The fraction of sp³-hybridized carbons (Fsp3) is 0.824. The van der Waals surface area contributed by atoms with Crippen molar-refractivity contribution in [1.82, 2.24) is 10.6 Å². The van der Waals surface area contributed by atoms with Crippen LogP contribution in [0.25, 0.3) is 0 Å². The average Bonchev–Trinajstić information content (AvgIpc) is 2.60. The molecule has 148 valence electrons. The molecule has 0 aromatic heterocycles. The van der Waals surface area contributed by atoms with Crippen molar-refractivity contribution in [1.29, 1.82) is 0 Å². The Kier molecular flexibility index (Phi) is 19.4. The number of Topliss-reactive ketones (excluding diaryl/α,β-unsaturated/α-hetero) is 1. The first kappa shape index (κ1) is 25.7. The number of carbonyl (C=O) groups is 3. The maximum atomic E-state index is 11.5. The van der Waals surface area contributed by atoms with Gasteiger partial charge in [-0.3, -0.25) is 14.4 Å². The Morgan fingerprint density at radius 1 is 0.880 bits per heavy atom. The first-order valence-electron chi connectivity index (χ1n) is 8.68. The molecule has 0 atom stereocenters. The zero-order valence-electron chi connectivity index (χ0n) is 16.2. The SMILES string of the molecule is CC.COCCOCCC(=O)NCC(=O)NCCOCC(=O)C(C)C. The molecule has 25 heavy (non-hydrogen) atoms. The van der Waals surface area contributed by atoms with Crippen LogP contribution in [-0.4, -0.2) is 70.8 Å². The van der Waals surface area contributed by atoms with E-state index in [4.69, 9.17) is 14.2 Å². The monoisotopic (exact) mass is 362 g/mol. The lowest BCUT2D eigenvalue weighted by atomic mass is 10.1. The van der Waals surface area contributed by atoms with Crippen molar-refractivity contribution in [2.75, 3.05) is 53.2 Å². The summed E-state index contributed by atoms with van der Waals surface area (Å²) in [5.41, 5.74) is 0. The third kappa shape index (κ3) is 18.7. The molecule has 0 unspecified atom stereocenters. The molecule has 0 aromatic carbocycles. The van der Waals surface area contributed by atoms with Gasteiger partial charge in [0.05, 0.1) is 33.0 Å². The summed E-state index contributed by atoms with van der Waals surface area (Å²) in [7, 11) is 1.57. The van der Waals surface area contributed by atoms with Crippen LogP contribution in [0.15, 0.2) is 0 Å². The van der Waals surface area contributed by atoms with E-state index in [0.29, 0.717) is 19.8 Å². The van der Waals surface area contributed by atoms with E-state index in [1.807, 2.05) is 13.8 Å². The van der Waals surface area contributed by atoms with Gasteiger partial charge < -0.3 is 24.8 Å². The number of hydrogen-bond acceptors (Lipinski definition) is 6. The fourth-order valence-electron chi connectivity index (χ4n) is 1.34. The van der Waals surface area contributed by atoms with E-state index in [0.717, 1.165) is 0 Å². The average molecular weight is 362 g/mol. The van der Waals surface area contributed by atoms with Gasteiger partial charge in [-0.25, -0.2) is 0 Å². The van der Waals surface area contributed by atoms with Crippen LogP contribution >= 0.6 is 0 Å². The van der Waals surface area contributed by atoms with Crippen LogP contribution in [0.5, 0.6) is 0 Å². The van der Waals surface area contributed by atoms with Crippen molar-refractivity contribution in [3.05, 3.63) is 0 Å². The Morgan fingerprint density at radius 3 is 2.16 bits per heavy atom.